The van der Waals surface area contributed by atoms with Crippen molar-refractivity contribution < 1.29 is 19.4 Å². The molecule has 2 aromatic carbocycles. The summed E-state index contributed by atoms with van der Waals surface area (Å²) in [5.41, 5.74) is 3.85. The van der Waals surface area contributed by atoms with Crippen molar-refractivity contribution in [3.63, 3.8) is 0 Å². The molecule has 5 heteroatoms. The molecule has 24 heavy (non-hydrogen) atoms. The molecule has 126 valence electrons. The van der Waals surface area contributed by atoms with Crippen LogP contribution < -0.4 is 9.47 Å². The molecule has 2 aromatic rings. The third-order valence-corrected chi connectivity index (χ3v) is 4.38. The molecule has 1 aliphatic rings. The molecule has 0 radical (unpaired) electrons. The number of hydrogen-bond donors (Lipinski definition) is 1. The van der Waals surface area contributed by atoms with Crippen LogP contribution in [0.3, 0.4) is 0 Å². The van der Waals surface area contributed by atoms with Gasteiger partial charge in [-0.1, -0.05) is 12.1 Å². The number of fused-ring (bicyclic) bond motifs is 1. The number of carbonyl (C=O) groups is 1. The fourth-order valence-electron chi connectivity index (χ4n) is 3.14. The van der Waals surface area contributed by atoms with E-state index < -0.39 is 5.97 Å². The predicted octanol–water partition coefficient (Wildman–Crippen LogP) is 2.96. The summed E-state index contributed by atoms with van der Waals surface area (Å²) < 4.78 is 10.8. The Hall–Kier alpha value is -2.53. The molecule has 0 saturated heterocycles. The Morgan fingerprint density at radius 1 is 1.12 bits per heavy atom. The molecule has 0 unspecified atom stereocenters. The maximum atomic E-state index is 11.1. The third-order valence-electron chi connectivity index (χ3n) is 4.38. The molecular weight excluding hydrogens is 306 g/mol. The zero-order valence-corrected chi connectivity index (χ0v) is 13.9. The summed E-state index contributed by atoms with van der Waals surface area (Å²) in [4.78, 5) is 13.4. The zero-order chi connectivity index (χ0) is 17.1. The molecule has 0 fully saturated rings. The molecule has 0 bridgehead atoms. The highest BCUT2D eigenvalue weighted by Crippen LogP contribution is 2.33. The van der Waals surface area contributed by atoms with Crippen LogP contribution in [0, 0.1) is 0 Å². The summed E-state index contributed by atoms with van der Waals surface area (Å²) in [5, 5.41) is 9.11. The predicted molar refractivity (Wildman–Crippen MR) is 90.8 cm³/mol. The number of carboxylic acid groups (broad SMARTS) is 1. The average molecular weight is 327 g/mol. The van der Waals surface area contributed by atoms with Crippen molar-refractivity contribution in [1.29, 1.82) is 0 Å². The van der Waals surface area contributed by atoms with Crippen molar-refractivity contribution in [2.75, 3.05) is 20.8 Å². The number of carboxylic acids is 1. The Bertz CT molecular complexity index is 757. The van der Waals surface area contributed by atoms with Gasteiger partial charge in [-0.05, 0) is 47.4 Å². The molecule has 1 aliphatic heterocycles. The molecule has 0 spiro atoms. The summed E-state index contributed by atoms with van der Waals surface area (Å²) >= 11 is 0. The minimum absolute atomic E-state index is 0.330. The van der Waals surface area contributed by atoms with Gasteiger partial charge in [0.2, 0.25) is 0 Å². The quantitative estimate of drug-likeness (QED) is 0.915. The van der Waals surface area contributed by atoms with Gasteiger partial charge >= 0.3 is 5.97 Å². The van der Waals surface area contributed by atoms with Gasteiger partial charge in [-0.2, -0.15) is 0 Å². The molecule has 5 nitrogen and oxygen atoms in total. The molecule has 1 N–H and O–H groups in total. The maximum Gasteiger partial charge on any atom is 0.335 e. The lowest BCUT2D eigenvalue weighted by atomic mass is 9.98. The zero-order valence-electron chi connectivity index (χ0n) is 13.9. The first kappa shape index (κ1) is 16.3. The van der Waals surface area contributed by atoms with Crippen LogP contribution in [0.1, 0.15) is 27.0 Å². The van der Waals surface area contributed by atoms with E-state index in [-0.39, 0.29) is 0 Å². The van der Waals surface area contributed by atoms with E-state index >= 15 is 0 Å². The number of rotatable bonds is 5. The first-order valence-electron chi connectivity index (χ1n) is 7.89. The van der Waals surface area contributed by atoms with Gasteiger partial charge in [-0.25, -0.2) is 4.79 Å². The summed E-state index contributed by atoms with van der Waals surface area (Å²) in [5.74, 6) is 0.613. The lowest BCUT2D eigenvalue weighted by Gasteiger charge is -2.29. The lowest BCUT2D eigenvalue weighted by molar-refractivity contribution is 0.0696. The second kappa shape index (κ2) is 6.93. The Labute approximate surface area is 141 Å². The molecule has 0 aromatic heterocycles. The van der Waals surface area contributed by atoms with Crippen LogP contribution in [-0.2, 0) is 19.5 Å². The maximum absolute atomic E-state index is 11.1. The van der Waals surface area contributed by atoms with E-state index in [1.54, 1.807) is 32.4 Å². The van der Waals surface area contributed by atoms with Crippen LogP contribution in [0.5, 0.6) is 11.5 Å². The normalized spacial score (nSPS) is 14.1. The van der Waals surface area contributed by atoms with Gasteiger partial charge in [0.15, 0.2) is 11.5 Å². The van der Waals surface area contributed by atoms with Gasteiger partial charge in [0.05, 0.1) is 19.8 Å². The van der Waals surface area contributed by atoms with Gasteiger partial charge in [-0.3, -0.25) is 4.90 Å². The van der Waals surface area contributed by atoms with Crippen molar-refractivity contribution in [2.24, 2.45) is 0 Å². The van der Waals surface area contributed by atoms with Crippen LogP contribution in [-0.4, -0.2) is 36.7 Å². The van der Waals surface area contributed by atoms with Gasteiger partial charge in [-0.15, -0.1) is 0 Å². The lowest BCUT2D eigenvalue weighted by Crippen LogP contribution is -2.30. The number of benzene rings is 2. The average Bonchev–Trinajstić information content (AvgIpc) is 2.60. The summed E-state index contributed by atoms with van der Waals surface area (Å²) in [7, 11) is 3.29. The monoisotopic (exact) mass is 327 g/mol. The van der Waals surface area contributed by atoms with Crippen molar-refractivity contribution in [2.45, 2.75) is 19.5 Å². The van der Waals surface area contributed by atoms with Crippen LogP contribution >= 0.6 is 0 Å². The Kier molecular flexibility index (Phi) is 4.71. The highest BCUT2D eigenvalue weighted by Gasteiger charge is 2.19. The van der Waals surface area contributed by atoms with Crippen LogP contribution in [0.15, 0.2) is 36.4 Å². The fourth-order valence-corrected chi connectivity index (χ4v) is 3.14. The third kappa shape index (κ3) is 3.36. The molecule has 3 rings (SSSR count). The number of aromatic carboxylic acids is 1. The second-order valence-corrected chi connectivity index (χ2v) is 5.94. The summed E-state index contributed by atoms with van der Waals surface area (Å²) in [6, 6.07) is 11.2. The number of nitrogens with zero attached hydrogens (tertiary/aromatic N) is 1. The van der Waals surface area contributed by atoms with Gasteiger partial charge in [0.25, 0.3) is 0 Å². The summed E-state index contributed by atoms with van der Waals surface area (Å²) in [6.07, 6.45) is 0.939. The van der Waals surface area contributed by atoms with Crippen molar-refractivity contribution in [3.8, 4) is 11.5 Å². The van der Waals surface area contributed by atoms with E-state index in [1.165, 1.54) is 11.1 Å². The Morgan fingerprint density at radius 2 is 1.83 bits per heavy atom. The van der Waals surface area contributed by atoms with Crippen LogP contribution in [0.2, 0.25) is 0 Å². The summed E-state index contributed by atoms with van der Waals surface area (Å²) in [6.45, 7) is 2.47. The first-order chi connectivity index (χ1) is 11.6. The van der Waals surface area contributed by atoms with Gasteiger partial charge < -0.3 is 14.6 Å². The van der Waals surface area contributed by atoms with E-state index in [4.69, 9.17) is 14.6 Å². The molecule has 1 heterocycles. The van der Waals surface area contributed by atoms with Crippen molar-refractivity contribution in [3.05, 3.63) is 58.7 Å². The molecule has 0 aliphatic carbocycles. The number of methoxy groups -OCH3 is 2. The molecule has 0 amide bonds. The van der Waals surface area contributed by atoms with Crippen LogP contribution in [0.4, 0.5) is 0 Å². The van der Waals surface area contributed by atoms with Gasteiger partial charge in [0, 0.05) is 19.6 Å². The standard InChI is InChI=1S/C19H21NO4/c1-23-17-9-14-6-7-20(12-16(14)10-18(17)24-2)11-13-4-3-5-15(8-13)19(21)22/h3-5,8-10H,6-7,11-12H2,1-2H3,(H,21,22). The highest BCUT2D eigenvalue weighted by atomic mass is 16.5. The highest BCUT2D eigenvalue weighted by molar-refractivity contribution is 5.87. The van der Waals surface area contributed by atoms with E-state index in [9.17, 15) is 4.79 Å². The Balaban J connectivity index is 1.77. The van der Waals surface area contributed by atoms with Crippen molar-refractivity contribution in [1.82, 2.24) is 4.90 Å². The van der Waals surface area contributed by atoms with Crippen molar-refractivity contribution >= 4 is 5.97 Å². The van der Waals surface area contributed by atoms with E-state index in [0.29, 0.717) is 5.56 Å². The molecule has 0 saturated carbocycles. The molecule has 0 atom stereocenters. The van der Waals surface area contributed by atoms with Gasteiger partial charge in [0.1, 0.15) is 0 Å². The Morgan fingerprint density at radius 3 is 2.50 bits per heavy atom. The number of ether oxygens (including phenoxy) is 2. The van der Waals surface area contributed by atoms with E-state index in [0.717, 1.165) is 43.1 Å². The molecular formula is C19H21NO4. The first-order valence-corrected chi connectivity index (χ1v) is 7.89. The second-order valence-electron chi connectivity index (χ2n) is 5.94. The van der Waals surface area contributed by atoms with E-state index in [2.05, 4.69) is 11.0 Å². The largest absolute Gasteiger partial charge is 0.493 e. The van der Waals surface area contributed by atoms with Crippen LogP contribution in [0.25, 0.3) is 0 Å². The number of hydrogen-bond acceptors (Lipinski definition) is 4. The fraction of sp³-hybridized carbons (Fsp3) is 0.316. The minimum Gasteiger partial charge on any atom is -0.493 e. The topological polar surface area (TPSA) is 59.0 Å². The van der Waals surface area contributed by atoms with E-state index in [1.807, 2.05) is 12.1 Å². The SMILES string of the molecule is COc1cc2c(cc1OC)CN(Cc1cccc(C(=O)O)c1)CC2. The minimum atomic E-state index is -0.891. The smallest absolute Gasteiger partial charge is 0.335 e.